The molecule has 1 aromatic rings. The maximum atomic E-state index is 11.9. The van der Waals surface area contributed by atoms with Crippen LogP contribution in [0.15, 0.2) is 17.1 Å². The van der Waals surface area contributed by atoms with E-state index >= 15 is 0 Å². The van der Waals surface area contributed by atoms with Crippen LogP contribution < -0.4 is 10.7 Å². The SMILES string of the molecule is CCC(C)(CO)NC(=O)c1c[nH]c(C)cc1=O. The Morgan fingerprint density at radius 1 is 1.59 bits per heavy atom. The third kappa shape index (κ3) is 3.17. The van der Waals surface area contributed by atoms with Crippen LogP contribution in [0.25, 0.3) is 0 Å². The van der Waals surface area contributed by atoms with Crippen molar-refractivity contribution < 1.29 is 9.90 Å². The Morgan fingerprint density at radius 2 is 2.24 bits per heavy atom. The summed E-state index contributed by atoms with van der Waals surface area (Å²) >= 11 is 0. The molecule has 5 heteroatoms. The largest absolute Gasteiger partial charge is 0.394 e. The van der Waals surface area contributed by atoms with Gasteiger partial charge in [-0.25, -0.2) is 0 Å². The van der Waals surface area contributed by atoms with Gasteiger partial charge in [-0.1, -0.05) is 6.92 Å². The van der Waals surface area contributed by atoms with Crippen molar-refractivity contribution in [3.63, 3.8) is 0 Å². The van der Waals surface area contributed by atoms with Gasteiger partial charge >= 0.3 is 0 Å². The summed E-state index contributed by atoms with van der Waals surface area (Å²) in [6, 6.07) is 1.37. The average molecular weight is 238 g/mol. The van der Waals surface area contributed by atoms with E-state index in [-0.39, 0.29) is 17.6 Å². The molecule has 94 valence electrons. The minimum atomic E-state index is -0.700. The molecule has 0 aliphatic heterocycles. The van der Waals surface area contributed by atoms with Crippen molar-refractivity contribution in [1.82, 2.24) is 10.3 Å². The summed E-state index contributed by atoms with van der Waals surface area (Å²) < 4.78 is 0. The van der Waals surface area contributed by atoms with E-state index in [1.807, 2.05) is 6.92 Å². The van der Waals surface area contributed by atoms with Gasteiger partial charge < -0.3 is 15.4 Å². The highest BCUT2D eigenvalue weighted by molar-refractivity contribution is 5.94. The second-order valence-corrected chi connectivity index (χ2v) is 4.42. The number of aromatic nitrogens is 1. The van der Waals surface area contributed by atoms with E-state index in [0.29, 0.717) is 12.1 Å². The molecular weight excluding hydrogens is 220 g/mol. The lowest BCUT2D eigenvalue weighted by Gasteiger charge is -2.26. The van der Waals surface area contributed by atoms with Gasteiger partial charge in [0.15, 0.2) is 5.43 Å². The molecule has 0 radical (unpaired) electrons. The molecule has 0 aliphatic carbocycles. The Hall–Kier alpha value is -1.62. The predicted octanol–water partition coefficient (Wildman–Crippen LogP) is 0.574. The second kappa shape index (κ2) is 5.14. The number of hydrogen-bond donors (Lipinski definition) is 3. The van der Waals surface area contributed by atoms with Crippen molar-refractivity contribution in [2.45, 2.75) is 32.7 Å². The first-order valence-electron chi connectivity index (χ1n) is 5.54. The van der Waals surface area contributed by atoms with Gasteiger partial charge in [-0.3, -0.25) is 9.59 Å². The first-order valence-corrected chi connectivity index (χ1v) is 5.54. The van der Waals surface area contributed by atoms with Crippen LogP contribution >= 0.6 is 0 Å². The van der Waals surface area contributed by atoms with Crippen molar-refractivity contribution in [3.05, 3.63) is 33.7 Å². The summed E-state index contributed by atoms with van der Waals surface area (Å²) in [5.74, 6) is -0.468. The van der Waals surface area contributed by atoms with Gasteiger partial charge in [0.05, 0.1) is 12.1 Å². The average Bonchev–Trinajstić information content (AvgIpc) is 2.28. The molecule has 1 aromatic heterocycles. The molecule has 3 N–H and O–H groups in total. The zero-order valence-corrected chi connectivity index (χ0v) is 10.3. The summed E-state index contributed by atoms with van der Waals surface area (Å²) in [7, 11) is 0. The lowest BCUT2D eigenvalue weighted by atomic mass is 10.00. The quantitative estimate of drug-likeness (QED) is 0.717. The van der Waals surface area contributed by atoms with Crippen LogP contribution in [0.4, 0.5) is 0 Å². The molecule has 1 amide bonds. The maximum absolute atomic E-state index is 11.9. The van der Waals surface area contributed by atoms with Crippen LogP contribution in [0.3, 0.4) is 0 Å². The highest BCUT2D eigenvalue weighted by atomic mass is 16.3. The molecule has 0 bridgehead atoms. The van der Waals surface area contributed by atoms with Crippen molar-refractivity contribution >= 4 is 5.91 Å². The summed E-state index contributed by atoms with van der Waals surface area (Å²) in [4.78, 5) is 26.3. The van der Waals surface area contributed by atoms with E-state index in [9.17, 15) is 14.7 Å². The van der Waals surface area contributed by atoms with Crippen molar-refractivity contribution in [3.8, 4) is 0 Å². The van der Waals surface area contributed by atoms with Crippen molar-refractivity contribution in [1.29, 1.82) is 0 Å². The Balaban J connectivity index is 2.94. The molecule has 0 spiro atoms. The summed E-state index contributed by atoms with van der Waals surface area (Å²) in [6.45, 7) is 5.16. The minimum Gasteiger partial charge on any atom is -0.394 e. The first kappa shape index (κ1) is 13.4. The van der Waals surface area contributed by atoms with Gasteiger partial charge in [0.1, 0.15) is 5.56 Å². The minimum absolute atomic E-state index is 0.0590. The Labute approximate surface area is 99.9 Å². The number of amides is 1. The van der Waals surface area contributed by atoms with Crippen molar-refractivity contribution in [2.75, 3.05) is 6.61 Å². The van der Waals surface area contributed by atoms with E-state index in [2.05, 4.69) is 10.3 Å². The van der Waals surface area contributed by atoms with Gasteiger partial charge in [-0.15, -0.1) is 0 Å². The molecule has 1 atom stereocenters. The fourth-order valence-electron chi connectivity index (χ4n) is 1.33. The standard InChI is InChI=1S/C12H18N2O3/c1-4-12(3,7-15)14-11(17)9-6-13-8(2)5-10(9)16/h5-6,15H,4,7H2,1-3H3,(H,13,16)(H,14,17). The number of carbonyl (C=O) groups is 1. The third-order valence-electron chi connectivity index (χ3n) is 2.85. The van der Waals surface area contributed by atoms with Crippen LogP contribution in [0, 0.1) is 6.92 Å². The fraction of sp³-hybridized carbons (Fsp3) is 0.500. The van der Waals surface area contributed by atoms with Crippen LogP contribution in [0.1, 0.15) is 36.3 Å². The first-order chi connectivity index (χ1) is 7.91. The Morgan fingerprint density at radius 3 is 2.71 bits per heavy atom. The van der Waals surface area contributed by atoms with Gasteiger partial charge in [-0.05, 0) is 20.3 Å². The molecule has 0 saturated heterocycles. The number of rotatable bonds is 4. The third-order valence-corrected chi connectivity index (χ3v) is 2.85. The molecular formula is C12H18N2O3. The molecule has 17 heavy (non-hydrogen) atoms. The zero-order valence-electron chi connectivity index (χ0n) is 10.3. The molecule has 5 nitrogen and oxygen atoms in total. The van der Waals surface area contributed by atoms with E-state index < -0.39 is 11.4 Å². The number of aromatic amines is 1. The van der Waals surface area contributed by atoms with E-state index in [1.165, 1.54) is 12.3 Å². The summed E-state index contributed by atoms with van der Waals surface area (Å²) in [5.41, 5.74) is -0.264. The van der Waals surface area contributed by atoms with Crippen LogP contribution in [-0.4, -0.2) is 28.1 Å². The number of nitrogens with one attached hydrogen (secondary N) is 2. The smallest absolute Gasteiger partial charge is 0.257 e. The number of pyridine rings is 1. The topological polar surface area (TPSA) is 82.2 Å². The fourth-order valence-corrected chi connectivity index (χ4v) is 1.33. The molecule has 1 heterocycles. The molecule has 1 rings (SSSR count). The number of aliphatic hydroxyl groups is 1. The molecule has 0 aliphatic rings. The van der Waals surface area contributed by atoms with E-state index in [1.54, 1.807) is 13.8 Å². The van der Waals surface area contributed by atoms with Gasteiger partial charge in [0.25, 0.3) is 5.91 Å². The molecule has 0 aromatic carbocycles. The van der Waals surface area contributed by atoms with Gasteiger partial charge in [0, 0.05) is 18.0 Å². The van der Waals surface area contributed by atoms with Gasteiger partial charge in [-0.2, -0.15) is 0 Å². The molecule has 0 saturated carbocycles. The van der Waals surface area contributed by atoms with Crippen LogP contribution in [-0.2, 0) is 0 Å². The summed E-state index contributed by atoms with van der Waals surface area (Å²) in [5, 5.41) is 11.9. The highest BCUT2D eigenvalue weighted by Crippen LogP contribution is 2.08. The van der Waals surface area contributed by atoms with Crippen LogP contribution in [0.2, 0.25) is 0 Å². The Kier molecular flexibility index (Phi) is 4.07. The zero-order chi connectivity index (χ0) is 13.1. The number of H-pyrrole nitrogens is 1. The normalized spacial score (nSPS) is 14.1. The predicted molar refractivity (Wildman–Crippen MR) is 65.0 cm³/mol. The van der Waals surface area contributed by atoms with E-state index in [4.69, 9.17) is 0 Å². The molecule has 1 unspecified atom stereocenters. The summed E-state index contributed by atoms with van der Waals surface area (Å²) in [6.07, 6.45) is 1.97. The van der Waals surface area contributed by atoms with Gasteiger partial charge in [0.2, 0.25) is 0 Å². The Bertz CT molecular complexity index is 461. The maximum Gasteiger partial charge on any atom is 0.257 e. The van der Waals surface area contributed by atoms with E-state index in [0.717, 1.165) is 0 Å². The van der Waals surface area contributed by atoms with Crippen LogP contribution in [0.5, 0.6) is 0 Å². The number of aryl methyl sites for hydroxylation is 1. The number of aliphatic hydroxyl groups excluding tert-OH is 1. The second-order valence-electron chi connectivity index (χ2n) is 4.42. The lowest BCUT2D eigenvalue weighted by Crippen LogP contribution is -2.49. The monoisotopic (exact) mass is 238 g/mol. The number of carbonyl (C=O) groups excluding carboxylic acids is 1. The molecule has 0 fully saturated rings. The lowest BCUT2D eigenvalue weighted by molar-refractivity contribution is 0.0846. The highest BCUT2D eigenvalue weighted by Gasteiger charge is 2.24. The number of hydrogen-bond acceptors (Lipinski definition) is 3. The van der Waals surface area contributed by atoms with Crippen molar-refractivity contribution in [2.24, 2.45) is 0 Å².